The molecule has 0 amide bonds. The first kappa shape index (κ1) is 13.1. The van der Waals surface area contributed by atoms with Gasteiger partial charge in [-0.25, -0.2) is 3.11 Å². The summed E-state index contributed by atoms with van der Waals surface area (Å²) < 4.78 is 2.43. The van der Waals surface area contributed by atoms with Crippen molar-refractivity contribution < 1.29 is 0 Å². The predicted molar refractivity (Wildman–Crippen MR) is 76.9 cm³/mol. The third kappa shape index (κ3) is 2.89. The van der Waals surface area contributed by atoms with E-state index in [2.05, 4.69) is 56.7 Å². The van der Waals surface area contributed by atoms with Gasteiger partial charge in [-0.1, -0.05) is 0 Å². The minimum absolute atomic E-state index is 0.717. The number of hydrogen-bond donors (Lipinski definition) is 0. The molecule has 0 radical (unpaired) electrons. The first-order chi connectivity index (χ1) is 7.58. The van der Waals surface area contributed by atoms with Gasteiger partial charge >= 0.3 is 0 Å². The second kappa shape index (κ2) is 5.50. The molecular formula is C12H24IN3. The molecule has 16 heavy (non-hydrogen) atoms. The minimum atomic E-state index is 0.717. The Bertz CT molecular complexity index is 228. The Kier molecular flexibility index (Phi) is 4.49. The van der Waals surface area contributed by atoms with Gasteiger partial charge in [0.1, 0.15) is 0 Å². The molecule has 0 saturated carbocycles. The van der Waals surface area contributed by atoms with Crippen molar-refractivity contribution in [1.82, 2.24) is 12.9 Å². The molecule has 0 aromatic carbocycles. The van der Waals surface area contributed by atoms with Gasteiger partial charge in [-0.15, -0.1) is 0 Å². The van der Waals surface area contributed by atoms with Gasteiger partial charge in [0.25, 0.3) is 0 Å². The molecular weight excluding hydrogens is 313 g/mol. The number of hydrogen-bond acceptors (Lipinski definition) is 3. The summed E-state index contributed by atoms with van der Waals surface area (Å²) in [7, 11) is 2.26. The van der Waals surface area contributed by atoms with Gasteiger partial charge in [0.15, 0.2) is 0 Å². The Morgan fingerprint density at radius 2 is 1.62 bits per heavy atom. The fourth-order valence-corrected chi connectivity index (χ4v) is 3.56. The molecule has 2 aliphatic rings. The van der Waals surface area contributed by atoms with Gasteiger partial charge < -0.3 is 4.90 Å². The maximum absolute atomic E-state index is 2.76. The van der Waals surface area contributed by atoms with Crippen LogP contribution in [0.15, 0.2) is 0 Å². The molecule has 0 aromatic heterocycles. The van der Waals surface area contributed by atoms with E-state index in [1.807, 2.05) is 0 Å². The molecule has 2 rings (SSSR count). The summed E-state index contributed by atoms with van der Waals surface area (Å²) in [5.74, 6) is 0. The SMILES string of the molecule is C[C@@H]1CN(C2CCN(I)CC2)[C@H](C)CN1C. The van der Waals surface area contributed by atoms with Crippen molar-refractivity contribution in [3.05, 3.63) is 0 Å². The van der Waals surface area contributed by atoms with Gasteiger partial charge in [0.2, 0.25) is 0 Å². The Morgan fingerprint density at radius 1 is 1.00 bits per heavy atom. The quantitative estimate of drug-likeness (QED) is 0.534. The van der Waals surface area contributed by atoms with E-state index in [1.165, 1.54) is 39.0 Å². The highest BCUT2D eigenvalue weighted by atomic mass is 127. The van der Waals surface area contributed by atoms with Crippen LogP contribution in [0.25, 0.3) is 0 Å². The van der Waals surface area contributed by atoms with Crippen LogP contribution in [0.1, 0.15) is 26.7 Å². The molecule has 2 atom stereocenters. The smallest absolute Gasteiger partial charge is 0.0201 e. The van der Waals surface area contributed by atoms with Crippen LogP contribution >= 0.6 is 22.9 Å². The molecule has 0 spiro atoms. The van der Waals surface area contributed by atoms with Crippen LogP contribution < -0.4 is 0 Å². The fourth-order valence-electron chi connectivity index (χ4n) is 3.00. The van der Waals surface area contributed by atoms with Crippen molar-refractivity contribution in [2.24, 2.45) is 0 Å². The molecule has 2 saturated heterocycles. The molecule has 0 aliphatic carbocycles. The molecule has 2 fully saturated rings. The van der Waals surface area contributed by atoms with Gasteiger partial charge in [0, 0.05) is 67.2 Å². The van der Waals surface area contributed by atoms with E-state index in [-0.39, 0.29) is 0 Å². The molecule has 2 heterocycles. The van der Waals surface area contributed by atoms with E-state index < -0.39 is 0 Å². The van der Waals surface area contributed by atoms with Crippen LogP contribution in [0.4, 0.5) is 0 Å². The lowest BCUT2D eigenvalue weighted by molar-refractivity contribution is 0.0147. The molecule has 4 heteroatoms. The van der Waals surface area contributed by atoms with E-state index in [9.17, 15) is 0 Å². The van der Waals surface area contributed by atoms with Gasteiger partial charge in [-0.2, -0.15) is 0 Å². The van der Waals surface area contributed by atoms with Crippen LogP contribution in [0.3, 0.4) is 0 Å². The van der Waals surface area contributed by atoms with Crippen molar-refractivity contribution in [1.29, 1.82) is 0 Å². The highest BCUT2D eigenvalue weighted by molar-refractivity contribution is 14.1. The lowest BCUT2D eigenvalue weighted by Gasteiger charge is -2.47. The molecule has 0 unspecified atom stereocenters. The maximum Gasteiger partial charge on any atom is 0.0201 e. The first-order valence-corrected chi connectivity index (χ1v) is 7.41. The summed E-state index contributed by atoms with van der Waals surface area (Å²) in [5.41, 5.74) is 0. The Morgan fingerprint density at radius 3 is 2.25 bits per heavy atom. The Hall–Kier alpha value is 0.610. The Labute approximate surface area is 114 Å². The monoisotopic (exact) mass is 337 g/mol. The number of rotatable bonds is 1. The second-order valence-electron chi connectivity index (χ2n) is 5.48. The lowest BCUT2D eigenvalue weighted by atomic mass is 9.99. The van der Waals surface area contributed by atoms with Crippen molar-refractivity contribution in [3.63, 3.8) is 0 Å². The molecule has 0 N–H and O–H groups in total. The number of nitrogens with zero attached hydrogens (tertiary/aromatic N) is 3. The first-order valence-electron chi connectivity index (χ1n) is 6.44. The molecule has 3 nitrogen and oxygen atoms in total. The van der Waals surface area contributed by atoms with Gasteiger partial charge in [0.05, 0.1) is 0 Å². The largest absolute Gasteiger partial charge is 0.301 e. The maximum atomic E-state index is 2.76. The van der Waals surface area contributed by atoms with Crippen molar-refractivity contribution in [2.75, 3.05) is 33.2 Å². The number of piperidine rings is 1. The molecule has 94 valence electrons. The summed E-state index contributed by atoms with van der Waals surface area (Å²) in [5, 5.41) is 0. The topological polar surface area (TPSA) is 9.72 Å². The van der Waals surface area contributed by atoms with Crippen molar-refractivity contribution >= 4 is 22.9 Å². The van der Waals surface area contributed by atoms with Crippen LogP contribution in [0, 0.1) is 0 Å². The highest BCUT2D eigenvalue weighted by Crippen LogP contribution is 2.24. The van der Waals surface area contributed by atoms with Crippen LogP contribution in [-0.2, 0) is 0 Å². The van der Waals surface area contributed by atoms with Crippen molar-refractivity contribution in [2.45, 2.75) is 44.8 Å². The van der Waals surface area contributed by atoms with E-state index in [0.29, 0.717) is 6.04 Å². The van der Waals surface area contributed by atoms with Crippen molar-refractivity contribution in [3.8, 4) is 0 Å². The number of likely N-dealkylation sites (N-methyl/N-ethyl adjacent to an activating group) is 1. The second-order valence-corrected chi connectivity index (χ2v) is 6.84. The van der Waals surface area contributed by atoms with Gasteiger partial charge in [-0.3, -0.25) is 4.90 Å². The van der Waals surface area contributed by atoms with E-state index in [0.717, 1.165) is 12.1 Å². The zero-order chi connectivity index (χ0) is 11.7. The third-order valence-corrected chi connectivity index (χ3v) is 5.19. The predicted octanol–water partition coefficient (Wildman–Crippen LogP) is 1.83. The summed E-state index contributed by atoms with van der Waals surface area (Å²) in [6, 6.07) is 2.28. The van der Waals surface area contributed by atoms with E-state index in [4.69, 9.17) is 0 Å². The van der Waals surface area contributed by atoms with Crippen LogP contribution in [0.2, 0.25) is 0 Å². The summed E-state index contributed by atoms with van der Waals surface area (Å²) in [6.45, 7) is 9.75. The summed E-state index contributed by atoms with van der Waals surface area (Å²) >= 11 is 2.46. The van der Waals surface area contributed by atoms with E-state index >= 15 is 0 Å². The number of piperazine rings is 1. The van der Waals surface area contributed by atoms with Crippen LogP contribution in [0.5, 0.6) is 0 Å². The zero-order valence-corrected chi connectivity index (χ0v) is 12.9. The lowest BCUT2D eigenvalue weighted by Crippen LogP contribution is -2.59. The molecule has 2 aliphatic heterocycles. The summed E-state index contributed by atoms with van der Waals surface area (Å²) in [4.78, 5) is 5.25. The normalized spacial score (nSPS) is 36.8. The molecule has 0 aromatic rings. The van der Waals surface area contributed by atoms with Gasteiger partial charge in [-0.05, 0) is 33.7 Å². The van der Waals surface area contributed by atoms with Crippen LogP contribution in [-0.4, -0.2) is 64.3 Å². The highest BCUT2D eigenvalue weighted by Gasteiger charge is 2.32. The summed E-state index contributed by atoms with van der Waals surface area (Å²) in [6.07, 6.45) is 2.70. The molecule has 0 bridgehead atoms. The third-order valence-electron chi connectivity index (χ3n) is 4.22. The average molecular weight is 337 g/mol. The zero-order valence-electron chi connectivity index (χ0n) is 10.7. The fraction of sp³-hybridized carbons (Fsp3) is 1.00. The standard InChI is InChI=1S/C12H24IN3/c1-10-9-16(11(2)8-14(10)3)12-4-6-15(13)7-5-12/h10-12H,4-9H2,1-3H3/t10-,11-/m1/s1. The van der Waals surface area contributed by atoms with E-state index in [1.54, 1.807) is 0 Å². The Balaban J connectivity index is 1.93. The average Bonchev–Trinajstić information content (AvgIpc) is 2.25. The minimum Gasteiger partial charge on any atom is -0.301 e. The number of halogens is 1.